The maximum absolute atomic E-state index is 13.5. The van der Waals surface area contributed by atoms with E-state index in [1.54, 1.807) is 36.4 Å². The Kier molecular flexibility index (Phi) is 7.99. The third-order valence-electron chi connectivity index (χ3n) is 7.78. The number of Topliss-reactive ketones (excluding diaryl/α,β-unsaturated/α-hetero) is 1. The van der Waals surface area contributed by atoms with Crippen molar-refractivity contribution in [1.29, 1.82) is 0 Å². The summed E-state index contributed by atoms with van der Waals surface area (Å²) in [6.45, 7) is 1.42. The first-order valence-corrected chi connectivity index (χ1v) is 14.7. The molecule has 10 heteroatoms. The lowest BCUT2D eigenvalue weighted by molar-refractivity contribution is -0.163. The highest BCUT2D eigenvalue weighted by Gasteiger charge is 2.57. The van der Waals surface area contributed by atoms with Gasteiger partial charge in [-0.3, -0.25) is 0 Å². The average Bonchev–Trinajstić information content (AvgIpc) is 3.44. The summed E-state index contributed by atoms with van der Waals surface area (Å²) in [5.74, 6) is -1.45. The van der Waals surface area contributed by atoms with Crippen LogP contribution in [0.3, 0.4) is 0 Å². The number of halogens is 3. The van der Waals surface area contributed by atoms with E-state index in [1.807, 2.05) is 6.92 Å². The van der Waals surface area contributed by atoms with Gasteiger partial charge in [0.25, 0.3) is 0 Å². The lowest BCUT2D eigenvalue weighted by atomic mass is 9.91. The standard InChI is InChI=1S/C31H29F3O6S/c1-3-30(14-6-7-15-30)40-27(35)18-39-29(37)19-10-12-23(38-2)26(16-19)41-24-9-5-4-8-21(24)28(36)22-17-20(31(32,33)34)11-13-25(22)41/h4-5,8-12,16,25H,3,6-7,13-15,18H2,1-2H3/q+2. The van der Waals surface area contributed by atoms with Crippen LogP contribution in [0.2, 0.25) is 0 Å². The first-order chi connectivity index (χ1) is 19.6. The lowest BCUT2D eigenvalue weighted by Crippen LogP contribution is -2.37. The molecule has 2 aromatic rings. The van der Waals surface area contributed by atoms with Crippen molar-refractivity contribution in [2.75, 3.05) is 13.7 Å². The molecule has 0 N–H and O–H groups in total. The molecule has 1 saturated carbocycles. The number of rotatable bonds is 7. The van der Waals surface area contributed by atoms with Gasteiger partial charge < -0.3 is 14.2 Å². The Labute approximate surface area is 238 Å². The summed E-state index contributed by atoms with van der Waals surface area (Å²) in [6, 6.07) is 11.4. The number of hydrogen-bond donors (Lipinski definition) is 0. The summed E-state index contributed by atoms with van der Waals surface area (Å²) in [5, 5.41) is -0.629. The number of benzene rings is 2. The maximum atomic E-state index is 13.5. The van der Waals surface area contributed by atoms with E-state index in [1.165, 1.54) is 13.2 Å². The SMILES string of the molecule is CCC1(OC(=O)COC(=O)c2ccc(OC)c([S+]3c4ccccc4C(=O)C4=[C+]C(C(F)(F)F)=CCC43)c2)CCCC1. The van der Waals surface area contributed by atoms with Crippen molar-refractivity contribution < 1.29 is 41.8 Å². The molecule has 0 saturated heterocycles. The van der Waals surface area contributed by atoms with Gasteiger partial charge in [-0.2, -0.15) is 13.2 Å². The molecule has 214 valence electrons. The molecule has 1 fully saturated rings. The molecule has 2 unspecified atom stereocenters. The van der Waals surface area contributed by atoms with Crippen LogP contribution in [0.25, 0.3) is 0 Å². The zero-order valence-corrected chi connectivity index (χ0v) is 23.5. The first kappa shape index (κ1) is 28.9. The third-order valence-corrected chi connectivity index (χ3v) is 10.4. The summed E-state index contributed by atoms with van der Waals surface area (Å²) in [6.07, 6.45) is 2.96. The predicted molar refractivity (Wildman–Crippen MR) is 145 cm³/mol. The van der Waals surface area contributed by atoms with Gasteiger partial charge in [0.15, 0.2) is 17.3 Å². The summed E-state index contributed by atoms with van der Waals surface area (Å²) >= 11 is 0. The molecule has 0 spiro atoms. The van der Waals surface area contributed by atoms with Gasteiger partial charge in [0.1, 0.15) is 11.2 Å². The van der Waals surface area contributed by atoms with E-state index in [0.717, 1.165) is 31.8 Å². The summed E-state index contributed by atoms with van der Waals surface area (Å²) in [4.78, 5) is 40.0. The van der Waals surface area contributed by atoms with Gasteiger partial charge in [-0.15, -0.1) is 0 Å². The summed E-state index contributed by atoms with van der Waals surface area (Å²) in [7, 11) is 0.474. The minimum atomic E-state index is -4.63. The van der Waals surface area contributed by atoms with Crippen molar-refractivity contribution in [2.45, 2.75) is 72.3 Å². The van der Waals surface area contributed by atoms with Gasteiger partial charge in [0.05, 0.1) is 36.1 Å². The third kappa shape index (κ3) is 5.63. The summed E-state index contributed by atoms with van der Waals surface area (Å²) in [5.41, 5.74) is -1.10. The number of ketones is 1. The van der Waals surface area contributed by atoms with Crippen LogP contribution in [0.5, 0.6) is 5.75 Å². The number of carbonyl (C=O) groups is 3. The number of allylic oxidation sites excluding steroid dienone is 3. The van der Waals surface area contributed by atoms with E-state index >= 15 is 0 Å². The fourth-order valence-electron chi connectivity index (χ4n) is 5.64. The monoisotopic (exact) mass is 586 g/mol. The lowest BCUT2D eigenvalue weighted by Gasteiger charge is -2.27. The molecular weight excluding hydrogens is 557 g/mol. The topological polar surface area (TPSA) is 78.9 Å². The minimum Gasteiger partial charge on any atom is -0.492 e. The number of ether oxygens (including phenoxy) is 3. The van der Waals surface area contributed by atoms with Gasteiger partial charge >= 0.3 is 23.9 Å². The average molecular weight is 587 g/mol. The number of alkyl halides is 3. The van der Waals surface area contributed by atoms with Crippen LogP contribution in [-0.2, 0) is 25.2 Å². The van der Waals surface area contributed by atoms with E-state index in [4.69, 9.17) is 14.2 Å². The Balaban J connectivity index is 1.45. The number of hydrogen-bond acceptors (Lipinski definition) is 6. The molecule has 0 bridgehead atoms. The molecule has 0 aromatic heterocycles. The molecule has 0 amide bonds. The van der Waals surface area contributed by atoms with Gasteiger partial charge in [-0.05, 0) is 56.4 Å². The van der Waals surface area contributed by atoms with E-state index in [-0.39, 0.29) is 23.1 Å². The maximum Gasteiger partial charge on any atom is 0.449 e. The van der Waals surface area contributed by atoms with Crippen LogP contribution in [0, 0.1) is 6.08 Å². The van der Waals surface area contributed by atoms with Crippen molar-refractivity contribution in [3.63, 3.8) is 0 Å². The molecule has 1 aliphatic heterocycles. The number of fused-ring (bicyclic) bond motifs is 2. The fourth-order valence-corrected chi connectivity index (χ4v) is 8.43. The molecule has 1 heterocycles. The molecule has 0 radical (unpaired) electrons. The van der Waals surface area contributed by atoms with Crippen molar-refractivity contribution >= 4 is 28.6 Å². The molecular formula is C31H29F3O6S+2. The zero-order valence-electron chi connectivity index (χ0n) is 22.6. The Morgan fingerprint density at radius 1 is 1.10 bits per heavy atom. The number of esters is 2. The minimum absolute atomic E-state index is 0.0385. The highest BCUT2D eigenvalue weighted by Crippen LogP contribution is 2.46. The van der Waals surface area contributed by atoms with Crippen LogP contribution < -0.4 is 4.74 Å². The van der Waals surface area contributed by atoms with E-state index in [0.29, 0.717) is 22.0 Å². The van der Waals surface area contributed by atoms with Gasteiger partial charge in [0, 0.05) is 12.1 Å². The molecule has 3 aliphatic rings. The second-order valence-electron chi connectivity index (χ2n) is 10.2. The highest BCUT2D eigenvalue weighted by molar-refractivity contribution is 7.98. The number of methoxy groups -OCH3 is 1. The number of carbonyl (C=O) groups excluding carboxylic acids is 3. The molecule has 6 nitrogen and oxygen atoms in total. The van der Waals surface area contributed by atoms with Gasteiger partial charge in [0.2, 0.25) is 21.3 Å². The van der Waals surface area contributed by atoms with Crippen LogP contribution >= 0.6 is 0 Å². The molecule has 41 heavy (non-hydrogen) atoms. The Morgan fingerprint density at radius 2 is 1.83 bits per heavy atom. The first-order valence-electron chi connectivity index (χ1n) is 13.4. The fraction of sp³-hybridized carbons (Fsp3) is 0.387. The Morgan fingerprint density at radius 3 is 2.51 bits per heavy atom. The van der Waals surface area contributed by atoms with E-state index in [2.05, 4.69) is 6.08 Å². The molecule has 2 aromatic carbocycles. The van der Waals surface area contributed by atoms with Crippen LogP contribution in [0.1, 0.15) is 66.2 Å². The van der Waals surface area contributed by atoms with Crippen LogP contribution in [-0.4, -0.2) is 48.5 Å². The largest absolute Gasteiger partial charge is 0.492 e. The van der Waals surface area contributed by atoms with Crippen molar-refractivity contribution in [3.05, 3.63) is 76.9 Å². The predicted octanol–water partition coefficient (Wildman–Crippen LogP) is 6.34. The normalized spacial score (nSPS) is 21.0. The highest BCUT2D eigenvalue weighted by atomic mass is 32.2. The molecule has 5 rings (SSSR count). The molecule has 2 aliphatic carbocycles. The van der Waals surface area contributed by atoms with Gasteiger partial charge in [-0.1, -0.05) is 19.1 Å². The second-order valence-corrected chi connectivity index (χ2v) is 12.3. The van der Waals surface area contributed by atoms with Crippen molar-refractivity contribution in [2.24, 2.45) is 0 Å². The zero-order chi connectivity index (χ0) is 29.4. The molecule has 2 atom stereocenters. The smallest absolute Gasteiger partial charge is 0.449 e. The quantitative estimate of drug-likeness (QED) is 0.214. The van der Waals surface area contributed by atoms with E-state index in [9.17, 15) is 27.6 Å². The Hall–Kier alpha value is -3.62. The summed E-state index contributed by atoms with van der Waals surface area (Å²) < 4.78 is 57.1. The van der Waals surface area contributed by atoms with Gasteiger partial charge in [-0.25, -0.2) is 14.4 Å². The van der Waals surface area contributed by atoms with E-state index < -0.39 is 57.8 Å². The van der Waals surface area contributed by atoms with Crippen LogP contribution in [0.15, 0.2) is 69.5 Å². The van der Waals surface area contributed by atoms with Crippen LogP contribution in [0.4, 0.5) is 13.2 Å². The van der Waals surface area contributed by atoms with Crippen molar-refractivity contribution in [3.8, 4) is 5.75 Å². The Bertz CT molecular complexity index is 1440. The van der Waals surface area contributed by atoms with Crippen molar-refractivity contribution in [1.82, 2.24) is 0 Å². The second kappa shape index (κ2) is 11.3.